The maximum absolute atomic E-state index is 5.77. The first-order chi connectivity index (χ1) is 8.75. The molecule has 1 aromatic rings. The highest BCUT2D eigenvalue weighted by Gasteiger charge is 2.16. The van der Waals surface area contributed by atoms with Gasteiger partial charge >= 0.3 is 0 Å². The minimum absolute atomic E-state index is 0.651. The monoisotopic (exact) mass is 248 g/mol. The average molecular weight is 248 g/mol. The molecule has 1 atom stereocenters. The van der Waals surface area contributed by atoms with Crippen molar-refractivity contribution in [3.63, 3.8) is 0 Å². The van der Waals surface area contributed by atoms with E-state index in [9.17, 15) is 0 Å². The summed E-state index contributed by atoms with van der Waals surface area (Å²) in [5, 5.41) is 3.41. The van der Waals surface area contributed by atoms with Crippen LogP contribution < -0.4 is 10.1 Å². The van der Waals surface area contributed by atoms with E-state index >= 15 is 0 Å². The first kappa shape index (κ1) is 13.4. The summed E-state index contributed by atoms with van der Waals surface area (Å²) in [6.07, 6.45) is 1.10. The maximum Gasteiger partial charge on any atom is 0.119 e. The predicted octanol–water partition coefficient (Wildman–Crippen LogP) is 2.06. The van der Waals surface area contributed by atoms with Crippen LogP contribution in [0.4, 0.5) is 0 Å². The van der Waals surface area contributed by atoms with Crippen LogP contribution in [0.3, 0.4) is 0 Å². The van der Waals surface area contributed by atoms with E-state index < -0.39 is 0 Å². The highest BCUT2D eigenvalue weighted by Crippen LogP contribution is 2.12. The molecule has 0 amide bonds. The second-order valence-electron chi connectivity index (χ2n) is 5.11. The van der Waals surface area contributed by atoms with E-state index in [1.807, 2.05) is 12.1 Å². The van der Waals surface area contributed by atoms with Crippen molar-refractivity contribution in [2.24, 2.45) is 0 Å². The van der Waals surface area contributed by atoms with Crippen LogP contribution in [-0.2, 0) is 0 Å². The number of piperazine rings is 1. The van der Waals surface area contributed by atoms with Crippen LogP contribution in [0.15, 0.2) is 24.3 Å². The van der Waals surface area contributed by atoms with Gasteiger partial charge in [0.05, 0.1) is 6.61 Å². The standard InChI is InChI=1S/C15H24N2O/c1-13-5-3-6-15(11-13)18-10-4-8-17-9-7-16-12-14(17)2/h3,5-6,11,14,16H,4,7-10,12H2,1-2H3/t14-/m1/s1. The number of rotatable bonds is 5. The first-order valence-electron chi connectivity index (χ1n) is 6.90. The van der Waals surface area contributed by atoms with Crippen LogP contribution in [-0.4, -0.2) is 43.7 Å². The summed E-state index contributed by atoms with van der Waals surface area (Å²) < 4.78 is 5.77. The van der Waals surface area contributed by atoms with Gasteiger partial charge in [-0.1, -0.05) is 12.1 Å². The highest BCUT2D eigenvalue weighted by molar-refractivity contribution is 5.27. The van der Waals surface area contributed by atoms with Crippen LogP contribution in [0.1, 0.15) is 18.9 Å². The smallest absolute Gasteiger partial charge is 0.119 e. The Morgan fingerprint density at radius 2 is 2.33 bits per heavy atom. The van der Waals surface area contributed by atoms with Crippen molar-refractivity contribution in [2.75, 3.05) is 32.8 Å². The summed E-state index contributed by atoms with van der Waals surface area (Å²) in [6, 6.07) is 8.91. The summed E-state index contributed by atoms with van der Waals surface area (Å²) >= 11 is 0. The van der Waals surface area contributed by atoms with Gasteiger partial charge in [-0.05, 0) is 38.0 Å². The molecule has 0 spiro atoms. The van der Waals surface area contributed by atoms with Crippen molar-refractivity contribution in [2.45, 2.75) is 26.3 Å². The Hall–Kier alpha value is -1.06. The Balaban J connectivity index is 1.66. The van der Waals surface area contributed by atoms with Crippen LogP contribution in [0.2, 0.25) is 0 Å². The molecule has 1 aromatic carbocycles. The minimum atomic E-state index is 0.651. The van der Waals surface area contributed by atoms with Crippen LogP contribution in [0, 0.1) is 6.92 Å². The second kappa shape index (κ2) is 6.76. The van der Waals surface area contributed by atoms with Crippen molar-refractivity contribution in [3.8, 4) is 5.75 Å². The molecule has 1 N–H and O–H groups in total. The molecule has 0 radical (unpaired) electrons. The number of ether oxygens (including phenoxy) is 1. The molecule has 1 aliphatic heterocycles. The summed E-state index contributed by atoms with van der Waals surface area (Å²) in [7, 11) is 0. The molecule has 0 saturated carbocycles. The molecule has 0 unspecified atom stereocenters. The number of hydrogen-bond donors (Lipinski definition) is 1. The fraction of sp³-hybridized carbons (Fsp3) is 0.600. The lowest BCUT2D eigenvalue weighted by Gasteiger charge is -2.33. The van der Waals surface area contributed by atoms with Gasteiger partial charge in [0.25, 0.3) is 0 Å². The zero-order valence-corrected chi connectivity index (χ0v) is 11.5. The normalized spacial score (nSPS) is 20.9. The van der Waals surface area contributed by atoms with Crippen molar-refractivity contribution in [3.05, 3.63) is 29.8 Å². The molecular formula is C15H24N2O. The predicted molar refractivity (Wildman–Crippen MR) is 75.2 cm³/mol. The molecule has 0 bridgehead atoms. The van der Waals surface area contributed by atoms with Crippen LogP contribution in [0.25, 0.3) is 0 Å². The van der Waals surface area contributed by atoms with E-state index in [-0.39, 0.29) is 0 Å². The molecule has 100 valence electrons. The molecular weight excluding hydrogens is 224 g/mol. The highest BCUT2D eigenvalue weighted by atomic mass is 16.5. The van der Waals surface area contributed by atoms with E-state index in [1.54, 1.807) is 0 Å². The van der Waals surface area contributed by atoms with Gasteiger partial charge in [0.2, 0.25) is 0 Å². The first-order valence-corrected chi connectivity index (χ1v) is 6.90. The van der Waals surface area contributed by atoms with Crippen molar-refractivity contribution in [1.82, 2.24) is 10.2 Å². The lowest BCUT2D eigenvalue weighted by atomic mass is 10.2. The van der Waals surface area contributed by atoms with Crippen molar-refractivity contribution >= 4 is 0 Å². The van der Waals surface area contributed by atoms with Gasteiger partial charge < -0.3 is 10.1 Å². The molecule has 0 aliphatic carbocycles. The van der Waals surface area contributed by atoms with Crippen LogP contribution >= 0.6 is 0 Å². The van der Waals surface area contributed by atoms with Gasteiger partial charge in [-0.2, -0.15) is 0 Å². The number of nitrogens with zero attached hydrogens (tertiary/aromatic N) is 1. The summed E-state index contributed by atoms with van der Waals surface area (Å²) in [6.45, 7) is 9.70. The van der Waals surface area contributed by atoms with E-state index in [0.29, 0.717) is 6.04 Å². The molecule has 1 heterocycles. The molecule has 1 aliphatic rings. The van der Waals surface area contributed by atoms with E-state index in [1.165, 1.54) is 5.56 Å². The third-order valence-corrected chi connectivity index (χ3v) is 3.49. The molecule has 0 aromatic heterocycles. The second-order valence-corrected chi connectivity index (χ2v) is 5.11. The van der Waals surface area contributed by atoms with E-state index in [2.05, 4.69) is 36.2 Å². The van der Waals surface area contributed by atoms with E-state index in [4.69, 9.17) is 4.74 Å². The summed E-state index contributed by atoms with van der Waals surface area (Å²) in [5.74, 6) is 0.989. The molecule has 3 nitrogen and oxygen atoms in total. The Bertz CT molecular complexity index is 367. The zero-order valence-electron chi connectivity index (χ0n) is 11.5. The SMILES string of the molecule is Cc1cccc(OCCCN2CCNC[C@H]2C)c1. The Morgan fingerprint density at radius 3 is 3.11 bits per heavy atom. The largest absolute Gasteiger partial charge is 0.494 e. The molecule has 18 heavy (non-hydrogen) atoms. The average Bonchev–Trinajstić information content (AvgIpc) is 2.37. The van der Waals surface area contributed by atoms with E-state index in [0.717, 1.165) is 45.0 Å². The maximum atomic E-state index is 5.77. The van der Waals surface area contributed by atoms with Gasteiger partial charge in [0, 0.05) is 32.2 Å². The zero-order chi connectivity index (χ0) is 12.8. The quantitative estimate of drug-likeness (QED) is 0.807. The molecule has 2 rings (SSSR count). The molecule has 1 fully saturated rings. The molecule has 1 saturated heterocycles. The van der Waals surface area contributed by atoms with Gasteiger partial charge in [-0.25, -0.2) is 0 Å². The number of aryl methyl sites for hydroxylation is 1. The van der Waals surface area contributed by atoms with Gasteiger partial charge in [0.1, 0.15) is 5.75 Å². The van der Waals surface area contributed by atoms with Crippen LogP contribution in [0.5, 0.6) is 5.75 Å². The Labute approximate surface area is 110 Å². The molecule has 3 heteroatoms. The summed E-state index contributed by atoms with van der Waals surface area (Å²) in [4.78, 5) is 2.54. The fourth-order valence-electron chi connectivity index (χ4n) is 2.38. The Kier molecular flexibility index (Phi) is 5.02. The van der Waals surface area contributed by atoms with Crippen molar-refractivity contribution < 1.29 is 4.74 Å². The topological polar surface area (TPSA) is 24.5 Å². The lowest BCUT2D eigenvalue weighted by molar-refractivity contribution is 0.160. The number of nitrogens with one attached hydrogen (secondary N) is 1. The van der Waals surface area contributed by atoms with Gasteiger partial charge in [-0.15, -0.1) is 0 Å². The fourth-order valence-corrected chi connectivity index (χ4v) is 2.38. The van der Waals surface area contributed by atoms with Gasteiger partial charge in [-0.3, -0.25) is 4.90 Å². The minimum Gasteiger partial charge on any atom is -0.494 e. The summed E-state index contributed by atoms with van der Waals surface area (Å²) in [5.41, 5.74) is 1.25. The lowest BCUT2D eigenvalue weighted by Crippen LogP contribution is -2.50. The number of hydrogen-bond acceptors (Lipinski definition) is 3. The third kappa shape index (κ3) is 4.00. The van der Waals surface area contributed by atoms with Crippen molar-refractivity contribution in [1.29, 1.82) is 0 Å². The number of benzene rings is 1. The third-order valence-electron chi connectivity index (χ3n) is 3.49. The Morgan fingerprint density at radius 1 is 1.44 bits per heavy atom. The van der Waals surface area contributed by atoms with Gasteiger partial charge in [0.15, 0.2) is 0 Å².